The molecule has 0 saturated carbocycles. The molecule has 0 fully saturated rings. The van der Waals surface area contributed by atoms with Gasteiger partial charge in [-0.2, -0.15) is 0 Å². The molecule has 4 aromatic rings. The smallest absolute Gasteiger partial charge is 0.333 e. The maximum atomic E-state index is 12.9. The Morgan fingerprint density at radius 2 is 1.14 bits per heavy atom. The van der Waals surface area contributed by atoms with Crippen LogP contribution in [0.4, 0.5) is 0 Å². The van der Waals surface area contributed by atoms with Crippen LogP contribution in [0.1, 0.15) is 102 Å². The summed E-state index contributed by atoms with van der Waals surface area (Å²) in [7, 11) is 0. The second-order valence-corrected chi connectivity index (χ2v) is 12.7. The number of hydrogen-bond donors (Lipinski definition) is 2. The number of aryl methyl sites for hydroxylation is 2. The molecule has 5 rings (SSSR count). The van der Waals surface area contributed by atoms with Gasteiger partial charge in [-0.3, -0.25) is 0 Å². The van der Waals surface area contributed by atoms with E-state index in [1.165, 1.54) is 32.7 Å². The quantitative estimate of drug-likeness (QED) is 0.188. The van der Waals surface area contributed by atoms with Crippen LogP contribution in [-0.4, -0.2) is 22.2 Å². The van der Waals surface area contributed by atoms with Crippen LogP contribution in [0.15, 0.2) is 59.7 Å². The number of aliphatic carboxylic acids is 2. The predicted molar refractivity (Wildman–Crippen MR) is 174 cm³/mol. The fourth-order valence-electron chi connectivity index (χ4n) is 8.04. The SMILES string of the molecule is CCCc1cccc2cc3c(CCC)c4cc5c(cc4cc3cc12)C(C)(CCC)C(C(=O)O)=C(C(=O)O)C5(C)CCC. The van der Waals surface area contributed by atoms with Gasteiger partial charge in [-0.25, -0.2) is 9.59 Å². The topological polar surface area (TPSA) is 74.6 Å². The van der Waals surface area contributed by atoms with Gasteiger partial charge in [0.2, 0.25) is 0 Å². The van der Waals surface area contributed by atoms with E-state index in [1.54, 1.807) is 0 Å². The van der Waals surface area contributed by atoms with Crippen molar-refractivity contribution in [1.29, 1.82) is 0 Å². The number of fused-ring (bicyclic) bond motifs is 4. The van der Waals surface area contributed by atoms with Crippen molar-refractivity contribution >= 4 is 44.3 Å². The number of hydrogen-bond acceptors (Lipinski definition) is 2. The third-order valence-corrected chi connectivity index (χ3v) is 9.78. The molecular formula is C38H44O4. The second-order valence-electron chi connectivity index (χ2n) is 12.7. The summed E-state index contributed by atoms with van der Waals surface area (Å²) in [6, 6.07) is 18.0. The van der Waals surface area contributed by atoms with Gasteiger partial charge in [-0.15, -0.1) is 0 Å². The van der Waals surface area contributed by atoms with Crippen molar-refractivity contribution in [2.24, 2.45) is 0 Å². The Labute approximate surface area is 249 Å². The minimum atomic E-state index is -1.13. The Morgan fingerprint density at radius 1 is 0.619 bits per heavy atom. The van der Waals surface area contributed by atoms with Crippen molar-refractivity contribution in [2.75, 3.05) is 0 Å². The van der Waals surface area contributed by atoms with Crippen LogP contribution in [0, 0.1) is 0 Å². The molecule has 1 aliphatic carbocycles. The Balaban J connectivity index is 1.95. The van der Waals surface area contributed by atoms with E-state index >= 15 is 0 Å². The largest absolute Gasteiger partial charge is 0.478 e. The highest BCUT2D eigenvalue weighted by atomic mass is 16.4. The third-order valence-electron chi connectivity index (χ3n) is 9.78. The lowest BCUT2D eigenvalue weighted by Crippen LogP contribution is -2.45. The average Bonchev–Trinajstić information content (AvgIpc) is 2.94. The van der Waals surface area contributed by atoms with Crippen LogP contribution in [0.25, 0.3) is 32.3 Å². The monoisotopic (exact) mass is 564 g/mol. The van der Waals surface area contributed by atoms with Crippen molar-refractivity contribution in [3.63, 3.8) is 0 Å². The summed E-state index contributed by atoms with van der Waals surface area (Å²) < 4.78 is 0. The predicted octanol–water partition coefficient (Wildman–Crippen LogP) is 9.65. The molecule has 220 valence electrons. The molecule has 4 nitrogen and oxygen atoms in total. The highest BCUT2D eigenvalue weighted by molar-refractivity contribution is 6.10. The van der Waals surface area contributed by atoms with E-state index in [1.807, 2.05) is 27.7 Å². The molecule has 0 radical (unpaired) electrons. The van der Waals surface area contributed by atoms with E-state index in [0.29, 0.717) is 12.8 Å². The number of carboxylic acid groups (broad SMARTS) is 2. The van der Waals surface area contributed by atoms with Gasteiger partial charge in [-0.1, -0.05) is 85.4 Å². The second kappa shape index (κ2) is 11.2. The third kappa shape index (κ3) is 4.51. The van der Waals surface area contributed by atoms with Crippen LogP contribution in [0.3, 0.4) is 0 Å². The first kappa shape index (κ1) is 29.8. The number of rotatable bonds is 10. The molecule has 0 bridgehead atoms. The molecule has 0 spiro atoms. The fraction of sp³-hybridized carbons (Fsp3) is 0.421. The van der Waals surface area contributed by atoms with Crippen molar-refractivity contribution in [3.05, 3.63) is 81.9 Å². The van der Waals surface area contributed by atoms with Crippen molar-refractivity contribution in [2.45, 2.75) is 104 Å². The zero-order valence-corrected chi connectivity index (χ0v) is 26.0. The van der Waals surface area contributed by atoms with E-state index < -0.39 is 22.8 Å². The van der Waals surface area contributed by atoms with Gasteiger partial charge in [0.05, 0.1) is 11.1 Å². The summed E-state index contributed by atoms with van der Waals surface area (Å²) in [5, 5.41) is 28.4. The van der Waals surface area contributed by atoms with E-state index in [4.69, 9.17) is 0 Å². The standard InChI is InChI=1S/C38H44O4/c1-7-12-23-14-11-15-24-19-29-25(20-28(23)24)18-26-21-31-32(22-30(26)27(29)13-8-2)38(6,17-10-4)34(36(41)42)33(35(39)40)37(31,5)16-9-3/h11,14-15,18-22H,7-10,12-13,16-17H2,1-6H3,(H,39,40)(H,41,42). The van der Waals surface area contributed by atoms with Gasteiger partial charge in [0, 0.05) is 10.8 Å². The van der Waals surface area contributed by atoms with Crippen molar-refractivity contribution in [1.82, 2.24) is 0 Å². The molecule has 0 heterocycles. The first-order chi connectivity index (χ1) is 20.0. The Morgan fingerprint density at radius 3 is 1.69 bits per heavy atom. The lowest BCUT2D eigenvalue weighted by molar-refractivity contribution is -0.137. The molecule has 0 aliphatic heterocycles. The lowest BCUT2D eigenvalue weighted by Gasteiger charge is -2.46. The Hall–Kier alpha value is -3.66. The Bertz CT molecular complexity index is 1760. The lowest BCUT2D eigenvalue weighted by atomic mass is 9.56. The maximum Gasteiger partial charge on any atom is 0.333 e. The number of benzene rings is 4. The van der Waals surface area contributed by atoms with E-state index in [9.17, 15) is 19.8 Å². The summed E-state index contributed by atoms with van der Waals surface area (Å²) in [6.07, 6.45) is 6.63. The summed E-state index contributed by atoms with van der Waals surface area (Å²) in [5.74, 6) is -2.25. The average molecular weight is 565 g/mol. The van der Waals surface area contributed by atoms with Gasteiger partial charge < -0.3 is 10.2 Å². The zero-order valence-electron chi connectivity index (χ0n) is 26.0. The molecule has 2 unspecified atom stereocenters. The van der Waals surface area contributed by atoms with Crippen LogP contribution in [0.2, 0.25) is 0 Å². The van der Waals surface area contributed by atoms with Gasteiger partial charge in [-0.05, 0) is 111 Å². The normalized spacial score (nSPS) is 20.4. The van der Waals surface area contributed by atoms with Crippen LogP contribution in [0.5, 0.6) is 0 Å². The summed E-state index contributed by atoms with van der Waals surface area (Å²) >= 11 is 0. The van der Waals surface area contributed by atoms with E-state index in [0.717, 1.165) is 60.4 Å². The molecule has 0 saturated heterocycles. The van der Waals surface area contributed by atoms with E-state index in [-0.39, 0.29) is 11.1 Å². The number of carbonyl (C=O) groups is 2. The molecule has 4 heteroatoms. The highest BCUT2D eigenvalue weighted by Gasteiger charge is 2.52. The molecule has 2 N–H and O–H groups in total. The van der Waals surface area contributed by atoms with Crippen molar-refractivity contribution < 1.29 is 19.8 Å². The molecular weight excluding hydrogens is 520 g/mol. The first-order valence-electron chi connectivity index (χ1n) is 15.7. The zero-order chi connectivity index (χ0) is 30.4. The van der Waals surface area contributed by atoms with Crippen LogP contribution >= 0.6 is 0 Å². The molecule has 0 amide bonds. The highest BCUT2D eigenvalue weighted by Crippen LogP contribution is 2.54. The molecule has 42 heavy (non-hydrogen) atoms. The van der Waals surface area contributed by atoms with Gasteiger partial charge >= 0.3 is 11.9 Å². The van der Waals surface area contributed by atoms with E-state index in [2.05, 4.69) is 62.4 Å². The Kier molecular flexibility index (Phi) is 7.96. The molecule has 4 aromatic carbocycles. The minimum absolute atomic E-state index is 0.0458. The van der Waals surface area contributed by atoms with Crippen LogP contribution < -0.4 is 0 Å². The molecule has 1 aliphatic rings. The minimum Gasteiger partial charge on any atom is -0.478 e. The first-order valence-corrected chi connectivity index (χ1v) is 15.7. The van der Waals surface area contributed by atoms with Crippen LogP contribution in [-0.2, 0) is 33.3 Å². The summed E-state index contributed by atoms with van der Waals surface area (Å²) in [6.45, 7) is 12.4. The summed E-state index contributed by atoms with van der Waals surface area (Å²) in [4.78, 5) is 25.9. The maximum absolute atomic E-state index is 12.9. The van der Waals surface area contributed by atoms with Gasteiger partial charge in [0.25, 0.3) is 0 Å². The summed E-state index contributed by atoms with van der Waals surface area (Å²) in [5.41, 5.74) is 2.85. The fourth-order valence-corrected chi connectivity index (χ4v) is 8.04. The van der Waals surface area contributed by atoms with Crippen molar-refractivity contribution in [3.8, 4) is 0 Å². The van der Waals surface area contributed by atoms with Gasteiger partial charge in [0.1, 0.15) is 0 Å². The number of carboxylic acids is 2. The molecule has 0 aromatic heterocycles. The molecule has 2 atom stereocenters. The van der Waals surface area contributed by atoms with Gasteiger partial charge in [0.15, 0.2) is 0 Å².